The Labute approximate surface area is 90.4 Å². The molecule has 2 heteroatoms. The van der Waals surface area contributed by atoms with Crippen molar-refractivity contribution in [1.82, 2.24) is 0 Å². The first kappa shape index (κ1) is 9.39. The predicted molar refractivity (Wildman–Crippen MR) is 67.9 cm³/mol. The summed E-state index contributed by atoms with van der Waals surface area (Å²) in [7, 11) is 0. The van der Waals surface area contributed by atoms with Crippen LogP contribution in [0.5, 0.6) is 0 Å². The summed E-state index contributed by atoms with van der Waals surface area (Å²) in [5, 5.41) is 2.76. The number of hydrogen-bond acceptors (Lipinski definition) is 1. The molecule has 3 rings (SSSR count). The number of hydrogen-bond donors (Lipinski definition) is 0. The molecule has 0 atom stereocenters. The molecule has 0 saturated carbocycles. The van der Waals surface area contributed by atoms with Crippen LogP contribution < -0.4 is 0 Å². The van der Waals surface area contributed by atoms with Crippen molar-refractivity contribution in [2.24, 2.45) is 0 Å². The molecule has 0 nitrogen and oxygen atoms in total. The van der Waals surface area contributed by atoms with Gasteiger partial charge >= 0.3 is 10.1 Å². The average molecular weight is 195 g/mol. The third-order valence-electron chi connectivity index (χ3n) is 2.28. The van der Waals surface area contributed by atoms with Crippen LogP contribution in [0.2, 0.25) is 0 Å². The molecule has 0 N–H and O–H groups in total. The molecule has 2 aromatic carbocycles. The summed E-state index contributed by atoms with van der Waals surface area (Å²) < 4.78 is 2.76. The fourth-order valence-corrected chi connectivity index (χ4v) is 2.78. The molecular formula is C12H10BeS. The Hall–Kier alpha value is -1.17. The zero-order chi connectivity index (χ0) is 8.67. The van der Waals surface area contributed by atoms with Gasteiger partial charge in [0.2, 0.25) is 0 Å². The van der Waals surface area contributed by atoms with E-state index in [-0.39, 0.29) is 10.1 Å². The van der Waals surface area contributed by atoms with E-state index in [1.165, 1.54) is 20.2 Å². The topological polar surface area (TPSA) is 0 Å². The van der Waals surface area contributed by atoms with Crippen molar-refractivity contribution >= 4 is 41.6 Å². The minimum absolute atomic E-state index is 0. The van der Waals surface area contributed by atoms with Gasteiger partial charge in [-0.3, -0.25) is 0 Å². The number of thiophene rings is 1. The van der Waals surface area contributed by atoms with E-state index >= 15 is 0 Å². The van der Waals surface area contributed by atoms with Gasteiger partial charge in [0.05, 0.1) is 0 Å². The van der Waals surface area contributed by atoms with Crippen molar-refractivity contribution in [3.63, 3.8) is 0 Å². The first-order chi connectivity index (χ1) is 6.45. The van der Waals surface area contributed by atoms with Crippen LogP contribution in [0.4, 0.5) is 0 Å². The molecule has 0 radical (unpaired) electrons. The molecule has 0 fully saturated rings. The second-order valence-corrected chi connectivity index (χ2v) is 4.18. The monoisotopic (exact) mass is 195 g/mol. The van der Waals surface area contributed by atoms with Crippen LogP contribution in [0.25, 0.3) is 20.2 Å². The van der Waals surface area contributed by atoms with E-state index in [0.717, 1.165) is 0 Å². The Morgan fingerprint density at radius 1 is 0.643 bits per heavy atom. The van der Waals surface area contributed by atoms with E-state index < -0.39 is 0 Å². The van der Waals surface area contributed by atoms with Gasteiger partial charge in [0.1, 0.15) is 0 Å². The summed E-state index contributed by atoms with van der Waals surface area (Å²) in [6.45, 7) is 0. The Balaban J connectivity index is 0.000000750. The molecule has 0 saturated heterocycles. The summed E-state index contributed by atoms with van der Waals surface area (Å²) >= 11 is 1.86. The maximum atomic E-state index is 2.19. The van der Waals surface area contributed by atoms with Crippen molar-refractivity contribution in [3.8, 4) is 0 Å². The SMILES string of the molecule is [BeH2].c1ccc2c(c1)sc1ccccc12. The maximum Gasteiger partial charge on any atom is 0.0355 e. The molecule has 0 aliphatic carbocycles. The van der Waals surface area contributed by atoms with Crippen LogP contribution in [0.3, 0.4) is 0 Å². The van der Waals surface area contributed by atoms with Gasteiger partial charge in [0.15, 0.2) is 0 Å². The molecule has 0 spiro atoms. The quantitative estimate of drug-likeness (QED) is 0.483. The van der Waals surface area contributed by atoms with E-state index in [1.807, 2.05) is 11.3 Å². The van der Waals surface area contributed by atoms with E-state index in [9.17, 15) is 0 Å². The Morgan fingerprint density at radius 3 is 1.57 bits per heavy atom. The van der Waals surface area contributed by atoms with E-state index in [0.29, 0.717) is 0 Å². The molecule has 14 heavy (non-hydrogen) atoms. The number of fused-ring (bicyclic) bond motifs is 3. The van der Waals surface area contributed by atoms with Gasteiger partial charge in [0.25, 0.3) is 0 Å². The third-order valence-corrected chi connectivity index (χ3v) is 3.44. The summed E-state index contributed by atoms with van der Waals surface area (Å²) in [5.74, 6) is 0. The first-order valence-electron chi connectivity index (χ1n) is 4.31. The Bertz CT molecular complexity index is 518. The molecule has 0 amide bonds. The van der Waals surface area contributed by atoms with Crippen molar-refractivity contribution in [2.75, 3.05) is 0 Å². The molecule has 1 heterocycles. The van der Waals surface area contributed by atoms with Crippen LogP contribution in [0, 0.1) is 0 Å². The van der Waals surface area contributed by atoms with Gasteiger partial charge in [0, 0.05) is 20.2 Å². The first-order valence-corrected chi connectivity index (χ1v) is 5.13. The van der Waals surface area contributed by atoms with Crippen LogP contribution in [-0.4, -0.2) is 10.1 Å². The summed E-state index contributed by atoms with van der Waals surface area (Å²) in [4.78, 5) is 0. The van der Waals surface area contributed by atoms with Gasteiger partial charge in [-0.2, -0.15) is 0 Å². The smallest absolute Gasteiger partial charge is 0.0355 e. The zero-order valence-corrected chi connectivity index (χ0v) is 7.84. The standard InChI is InChI=1S/C12H8S.Be.2H/c1-3-7-11-9(5-1)10-6-2-4-8-12(10)13-11;;;/h1-8H;;;. The van der Waals surface area contributed by atoms with E-state index in [4.69, 9.17) is 0 Å². The van der Waals surface area contributed by atoms with Crippen molar-refractivity contribution < 1.29 is 0 Å². The van der Waals surface area contributed by atoms with Crippen molar-refractivity contribution in [2.45, 2.75) is 0 Å². The van der Waals surface area contributed by atoms with Gasteiger partial charge in [-0.15, -0.1) is 11.3 Å². The molecular weight excluding hydrogens is 185 g/mol. The van der Waals surface area contributed by atoms with Crippen LogP contribution in [0.1, 0.15) is 0 Å². The number of rotatable bonds is 0. The average Bonchev–Trinajstić information content (AvgIpc) is 2.56. The fourth-order valence-electron chi connectivity index (χ4n) is 1.67. The van der Waals surface area contributed by atoms with Crippen LogP contribution in [-0.2, 0) is 0 Å². The van der Waals surface area contributed by atoms with Crippen LogP contribution in [0.15, 0.2) is 48.5 Å². The summed E-state index contributed by atoms with van der Waals surface area (Å²) in [6, 6.07) is 17.1. The third kappa shape index (κ3) is 1.26. The summed E-state index contributed by atoms with van der Waals surface area (Å²) in [6.07, 6.45) is 0. The maximum absolute atomic E-state index is 2.19. The fraction of sp³-hybridized carbons (Fsp3) is 0. The molecule has 1 aromatic heterocycles. The normalized spacial score (nSPS) is 10.3. The second kappa shape index (κ2) is 3.53. The van der Waals surface area contributed by atoms with Crippen LogP contribution >= 0.6 is 11.3 Å². The van der Waals surface area contributed by atoms with E-state index in [2.05, 4.69) is 48.5 Å². The number of benzene rings is 2. The molecule has 0 aliphatic heterocycles. The van der Waals surface area contributed by atoms with Crippen molar-refractivity contribution in [1.29, 1.82) is 0 Å². The van der Waals surface area contributed by atoms with Gasteiger partial charge in [-0.25, -0.2) is 0 Å². The van der Waals surface area contributed by atoms with Gasteiger partial charge in [-0.1, -0.05) is 36.4 Å². The summed E-state index contributed by atoms with van der Waals surface area (Å²) in [5.41, 5.74) is 0. The van der Waals surface area contributed by atoms with Crippen molar-refractivity contribution in [3.05, 3.63) is 48.5 Å². The Kier molecular flexibility index (Phi) is 2.37. The molecule has 0 unspecified atom stereocenters. The van der Waals surface area contributed by atoms with E-state index in [1.54, 1.807) is 0 Å². The van der Waals surface area contributed by atoms with Gasteiger partial charge in [-0.05, 0) is 12.1 Å². The van der Waals surface area contributed by atoms with Gasteiger partial charge < -0.3 is 0 Å². The zero-order valence-electron chi connectivity index (χ0n) is 7.03. The largest absolute Gasteiger partial charge is 0.135 e. The molecule has 0 aliphatic rings. The molecule has 0 bridgehead atoms. The Morgan fingerprint density at radius 2 is 1.07 bits per heavy atom. The second-order valence-electron chi connectivity index (χ2n) is 3.09. The molecule has 3 aromatic rings. The molecule has 66 valence electrons. The predicted octanol–water partition coefficient (Wildman–Crippen LogP) is 3.14. The minimum atomic E-state index is 0. The minimum Gasteiger partial charge on any atom is -0.135 e.